The summed E-state index contributed by atoms with van der Waals surface area (Å²) in [6.07, 6.45) is 8.29. The van der Waals surface area contributed by atoms with Gasteiger partial charge in [-0.3, -0.25) is 0 Å². The fourth-order valence-corrected chi connectivity index (χ4v) is 4.15. The van der Waals surface area contributed by atoms with Crippen molar-refractivity contribution in [3.8, 4) is 0 Å². The minimum absolute atomic E-state index is 0.441. The Morgan fingerprint density at radius 1 is 1.24 bits per heavy atom. The number of nitrogens with two attached hydrogens (primary N) is 2. The normalized spacial score (nSPS) is 40.0. The molecule has 0 radical (unpaired) electrons. The van der Waals surface area contributed by atoms with Crippen molar-refractivity contribution in [1.82, 2.24) is 15.5 Å². The van der Waals surface area contributed by atoms with E-state index >= 15 is 0 Å². The molecule has 3 unspecified atom stereocenters. The molecule has 3 fully saturated rings. The Hall–Kier alpha value is -1.27. The Bertz CT molecular complexity index is 469. The zero-order chi connectivity index (χ0) is 14.4. The minimum atomic E-state index is -0.607. The van der Waals surface area contributed by atoms with Crippen molar-refractivity contribution in [3.05, 3.63) is 11.9 Å². The summed E-state index contributed by atoms with van der Waals surface area (Å²) in [4.78, 5) is 6.89. The minimum Gasteiger partial charge on any atom is -0.370 e. The van der Waals surface area contributed by atoms with Gasteiger partial charge in [0.1, 0.15) is 11.5 Å². The lowest BCUT2D eigenvalue weighted by Gasteiger charge is -2.41. The lowest BCUT2D eigenvalue weighted by Crippen LogP contribution is -2.55. The molecule has 1 aliphatic carbocycles. The van der Waals surface area contributed by atoms with Crippen LogP contribution >= 0.6 is 0 Å². The number of rotatable bonds is 2. The van der Waals surface area contributed by atoms with Crippen LogP contribution in [0.1, 0.15) is 32.1 Å². The van der Waals surface area contributed by atoms with Crippen molar-refractivity contribution in [3.63, 3.8) is 0 Å². The molecule has 0 amide bonds. The molecule has 4 aliphatic rings. The highest BCUT2D eigenvalue weighted by atomic mass is 15.3. The molecule has 1 saturated carbocycles. The maximum Gasteiger partial charge on any atom is 0.196 e. The van der Waals surface area contributed by atoms with Crippen LogP contribution in [-0.4, -0.2) is 42.2 Å². The van der Waals surface area contributed by atoms with Gasteiger partial charge in [-0.05, 0) is 44.2 Å². The smallest absolute Gasteiger partial charge is 0.196 e. The van der Waals surface area contributed by atoms with Gasteiger partial charge in [0, 0.05) is 25.0 Å². The number of likely N-dealkylation sites (tertiary alicyclic amines) is 1. The van der Waals surface area contributed by atoms with E-state index in [2.05, 4.69) is 26.6 Å². The molecule has 21 heavy (non-hydrogen) atoms. The average Bonchev–Trinajstić information content (AvgIpc) is 2.78. The van der Waals surface area contributed by atoms with Crippen molar-refractivity contribution < 1.29 is 0 Å². The first-order valence-electron chi connectivity index (χ1n) is 8.26. The van der Waals surface area contributed by atoms with Crippen LogP contribution < -0.4 is 22.1 Å². The number of nitrogens with one attached hydrogen (secondary N) is 2. The second kappa shape index (κ2) is 4.88. The fraction of sp³-hybridized carbons (Fsp3) is 0.800. The van der Waals surface area contributed by atoms with Gasteiger partial charge in [0.15, 0.2) is 5.96 Å². The summed E-state index contributed by atoms with van der Waals surface area (Å²) in [6.45, 7) is 3.27. The predicted molar refractivity (Wildman–Crippen MR) is 83.2 cm³/mol. The maximum absolute atomic E-state index is 6.53. The topological polar surface area (TPSA) is 91.7 Å². The lowest BCUT2D eigenvalue weighted by molar-refractivity contribution is 0.205. The van der Waals surface area contributed by atoms with Gasteiger partial charge in [-0.15, -0.1) is 0 Å². The Morgan fingerprint density at radius 2 is 2.10 bits per heavy atom. The van der Waals surface area contributed by atoms with Crippen LogP contribution in [-0.2, 0) is 0 Å². The van der Waals surface area contributed by atoms with Gasteiger partial charge >= 0.3 is 0 Å². The number of piperidine rings is 1. The molecule has 4 rings (SSSR count). The Labute approximate surface area is 126 Å². The van der Waals surface area contributed by atoms with Crippen LogP contribution in [0, 0.1) is 11.8 Å². The highest BCUT2D eigenvalue weighted by Gasteiger charge is 2.42. The molecule has 0 aromatic carbocycles. The molecule has 0 spiro atoms. The van der Waals surface area contributed by atoms with Gasteiger partial charge in [-0.25, -0.2) is 4.99 Å². The van der Waals surface area contributed by atoms with Gasteiger partial charge in [0.25, 0.3) is 0 Å². The van der Waals surface area contributed by atoms with E-state index in [1.807, 2.05) is 0 Å². The quantitative estimate of drug-likeness (QED) is 0.569. The summed E-state index contributed by atoms with van der Waals surface area (Å²) in [5.41, 5.74) is 11.9. The average molecular weight is 290 g/mol. The second-order valence-corrected chi connectivity index (χ2v) is 7.03. The molecule has 116 valence electrons. The second-order valence-electron chi connectivity index (χ2n) is 7.03. The third-order valence-corrected chi connectivity index (χ3v) is 5.64. The molecule has 3 heterocycles. The summed E-state index contributed by atoms with van der Waals surface area (Å²) in [6, 6.07) is 0.609. The predicted octanol–water partition coefficient (Wildman–Crippen LogP) is -0.115. The number of aliphatic imine (C=N–C) groups is 1. The first kappa shape index (κ1) is 13.4. The van der Waals surface area contributed by atoms with E-state index in [4.69, 9.17) is 11.5 Å². The van der Waals surface area contributed by atoms with Gasteiger partial charge in [0.05, 0.1) is 0 Å². The number of nitrogens with zero attached hydrogens (tertiary/aromatic N) is 2. The molecule has 0 aromatic heterocycles. The SMILES string of the molecule is NC1=NC(N)(C2CCC2)C=C(N2CC3CCCNC3C2)N1. The standard InChI is InChI=1S/C15H26N6/c16-14-19-13(7-15(17,20-14)11-4-1-5-11)21-8-10-3-2-6-18-12(10)9-21/h7,10-12,18H,1-6,8-9,17H2,(H3,16,19,20). The Balaban J connectivity index is 1.54. The van der Waals surface area contributed by atoms with Gasteiger partial charge in [0.2, 0.25) is 0 Å². The maximum atomic E-state index is 6.53. The summed E-state index contributed by atoms with van der Waals surface area (Å²) in [5, 5.41) is 6.87. The van der Waals surface area contributed by atoms with Crippen LogP contribution in [0.25, 0.3) is 0 Å². The number of hydrogen-bond donors (Lipinski definition) is 4. The first-order chi connectivity index (χ1) is 10.1. The molecule has 6 nitrogen and oxygen atoms in total. The summed E-state index contributed by atoms with van der Waals surface area (Å²) >= 11 is 0. The molecule has 0 aromatic rings. The van der Waals surface area contributed by atoms with E-state index in [1.54, 1.807) is 0 Å². The summed E-state index contributed by atoms with van der Waals surface area (Å²) < 4.78 is 0. The van der Waals surface area contributed by atoms with E-state index in [0.717, 1.165) is 44.2 Å². The van der Waals surface area contributed by atoms with E-state index < -0.39 is 5.66 Å². The number of guanidine groups is 1. The highest BCUT2D eigenvalue weighted by Crippen LogP contribution is 2.38. The van der Waals surface area contributed by atoms with E-state index in [9.17, 15) is 0 Å². The van der Waals surface area contributed by atoms with Crippen LogP contribution in [0.5, 0.6) is 0 Å². The zero-order valence-electron chi connectivity index (χ0n) is 12.5. The summed E-state index contributed by atoms with van der Waals surface area (Å²) in [7, 11) is 0. The van der Waals surface area contributed by atoms with Crippen molar-refractivity contribution in [1.29, 1.82) is 0 Å². The van der Waals surface area contributed by atoms with Crippen molar-refractivity contribution >= 4 is 5.96 Å². The van der Waals surface area contributed by atoms with E-state index in [0.29, 0.717) is 17.9 Å². The van der Waals surface area contributed by atoms with Crippen molar-refractivity contribution in [2.24, 2.45) is 28.3 Å². The van der Waals surface area contributed by atoms with Crippen molar-refractivity contribution in [2.45, 2.75) is 43.8 Å². The largest absolute Gasteiger partial charge is 0.370 e. The molecule has 3 aliphatic heterocycles. The van der Waals surface area contributed by atoms with Gasteiger partial charge in [-0.2, -0.15) is 0 Å². The Morgan fingerprint density at radius 3 is 2.81 bits per heavy atom. The molecular formula is C15H26N6. The van der Waals surface area contributed by atoms with Crippen LogP contribution in [0.2, 0.25) is 0 Å². The molecule has 0 bridgehead atoms. The molecule has 2 saturated heterocycles. The first-order valence-corrected chi connectivity index (χ1v) is 8.26. The summed E-state index contributed by atoms with van der Waals surface area (Å²) in [5.74, 6) is 2.71. The van der Waals surface area contributed by atoms with Gasteiger partial charge < -0.3 is 27.0 Å². The van der Waals surface area contributed by atoms with E-state index in [-0.39, 0.29) is 0 Å². The number of fused-ring (bicyclic) bond motifs is 1. The molecule has 6 N–H and O–H groups in total. The fourth-order valence-electron chi connectivity index (χ4n) is 4.15. The third-order valence-electron chi connectivity index (χ3n) is 5.64. The van der Waals surface area contributed by atoms with Gasteiger partial charge in [-0.1, -0.05) is 6.42 Å². The van der Waals surface area contributed by atoms with Crippen molar-refractivity contribution in [2.75, 3.05) is 19.6 Å². The van der Waals surface area contributed by atoms with Crippen LogP contribution in [0.15, 0.2) is 16.9 Å². The van der Waals surface area contributed by atoms with Crippen LogP contribution in [0.3, 0.4) is 0 Å². The zero-order valence-corrected chi connectivity index (χ0v) is 12.5. The van der Waals surface area contributed by atoms with Crippen LogP contribution in [0.4, 0.5) is 0 Å². The lowest BCUT2D eigenvalue weighted by atomic mass is 9.75. The molecule has 6 heteroatoms. The highest BCUT2D eigenvalue weighted by molar-refractivity contribution is 5.81. The third kappa shape index (κ3) is 2.30. The van der Waals surface area contributed by atoms with E-state index in [1.165, 1.54) is 19.3 Å². The number of hydrogen-bond acceptors (Lipinski definition) is 6. The monoisotopic (exact) mass is 290 g/mol. The Kier molecular flexibility index (Phi) is 3.11. The molecule has 3 atom stereocenters. The molecular weight excluding hydrogens is 264 g/mol.